The summed E-state index contributed by atoms with van der Waals surface area (Å²) in [6, 6.07) is 23.4. The molecule has 0 aromatic heterocycles. The van der Waals surface area contributed by atoms with Crippen molar-refractivity contribution in [2.75, 3.05) is 16.8 Å². The van der Waals surface area contributed by atoms with E-state index in [1.807, 2.05) is 49.4 Å². The van der Waals surface area contributed by atoms with Crippen LogP contribution in [0.1, 0.15) is 23.1 Å². The number of nitrogens with zero attached hydrogens (tertiary/aromatic N) is 1. The van der Waals surface area contributed by atoms with Gasteiger partial charge in [-0.1, -0.05) is 60.2 Å². The second-order valence-electron chi connectivity index (χ2n) is 7.47. The van der Waals surface area contributed by atoms with Crippen LogP contribution in [0.2, 0.25) is 0 Å². The Hall–Kier alpha value is -3.60. The van der Waals surface area contributed by atoms with E-state index in [2.05, 4.69) is 17.4 Å². The van der Waals surface area contributed by atoms with Gasteiger partial charge in [-0.05, 0) is 42.7 Å². The molecule has 1 aliphatic heterocycles. The van der Waals surface area contributed by atoms with Crippen molar-refractivity contribution in [2.45, 2.75) is 26.3 Å². The third kappa shape index (κ3) is 4.69. The summed E-state index contributed by atoms with van der Waals surface area (Å²) in [7, 11) is 0. The third-order valence-corrected chi connectivity index (χ3v) is 5.13. The van der Waals surface area contributed by atoms with E-state index in [0.717, 1.165) is 11.1 Å². The molecule has 5 heteroatoms. The van der Waals surface area contributed by atoms with Crippen LogP contribution in [0.15, 0.2) is 72.8 Å². The zero-order valence-electron chi connectivity index (χ0n) is 16.9. The first-order valence-corrected chi connectivity index (χ1v) is 10.0. The number of hydrogen-bond donors (Lipinski definition) is 1. The maximum Gasteiger partial charge on any atom is 0.265 e. The van der Waals surface area contributed by atoms with Crippen LogP contribution in [0.25, 0.3) is 0 Å². The second kappa shape index (κ2) is 8.82. The smallest absolute Gasteiger partial charge is 0.265 e. The topological polar surface area (TPSA) is 58.6 Å². The van der Waals surface area contributed by atoms with Gasteiger partial charge < -0.3 is 15.0 Å². The number of benzene rings is 3. The molecule has 5 nitrogen and oxygen atoms in total. The summed E-state index contributed by atoms with van der Waals surface area (Å²) in [5.74, 6) is 0.477. The highest BCUT2D eigenvalue weighted by atomic mass is 16.5. The number of carbonyl (C=O) groups excluding carboxylic acids is 2. The molecule has 1 aliphatic rings. The average molecular weight is 400 g/mol. The van der Waals surface area contributed by atoms with Gasteiger partial charge in [-0.25, -0.2) is 0 Å². The van der Waals surface area contributed by atoms with Crippen molar-refractivity contribution < 1.29 is 14.3 Å². The van der Waals surface area contributed by atoms with Crippen molar-refractivity contribution in [3.05, 3.63) is 89.5 Å². The van der Waals surface area contributed by atoms with Crippen LogP contribution < -0.4 is 15.0 Å². The van der Waals surface area contributed by atoms with Crippen LogP contribution in [-0.4, -0.2) is 18.4 Å². The molecule has 0 atom stereocenters. The lowest BCUT2D eigenvalue weighted by Gasteiger charge is -2.30. The predicted molar refractivity (Wildman–Crippen MR) is 118 cm³/mol. The van der Waals surface area contributed by atoms with Crippen molar-refractivity contribution in [3.8, 4) is 5.75 Å². The molecule has 0 saturated heterocycles. The molecule has 3 aromatic rings. The molecule has 1 N–H and O–H groups in total. The van der Waals surface area contributed by atoms with Crippen molar-refractivity contribution in [1.29, 1.82) is 0 Å². The maximum absolute atomic E-state index is 12.5. The number of nitrogens with one attached hydrogen (secondary N) is 1. The molecule has 0 bridgehead atoms. The van der Waals surface area contributed by atoms with E-state index >= 15 is 0 Å². The molecular formula is C25H24N2O3. The van der Waals surface area contributed by atoms with Gasteiger partial charge in [0.15, 0.2) is 6.61 Å². The summed E-state index contributed by atoms with van der Waals surface area (Å²) in [5.41, 5.74) is 4.69. The van der Waals surface area contributed by atoms with Crippen molar-refractivity contribution in [2.24, 2.45) is 0 Å². The quantitative estimate of drug-likeness (QED) is 0.663. The molecule has 0 fully saturated rings. The predicted octanol–water partition coefficient (Wildman–Crippen LogP) is 4.49. The van der Waals surface area contributed by atoms with Crippen LogP contribution in [0.3, 0.4) is 0 Å². The molecule has 4 rings (SSSR count). The van der Waals surface area contributed by atoms with Crippen LogP contribution >= 0.6 is 0 Å². The largest absolute Gasteiger partial charge is 0.482 e. The van der Waals surface area contributed by atoms with E-state index in [9.17, 15) is 9.59 Å². The van der Waals surface area contributed by atoms with Crippen LogP contribution in [0, 0.1) is 6.92 Å². The number of aryl methyl sites for hydroxylation is 2. The Morgan fingerprint density at radius 2 is 1.77 bits per heavy atom. The molecule has 3 aromatic carbocycles. The lowest BCUT2D eigenvalue weighted by atomic mass is 10.1. The summed E-state index contributed by atoms with van der Waals surface area (Å²) in [6.07, 6.45) is 1.07. The minimum absolute atomic E-state index is 0.0160. The minimum atomic E-state index is -0.103. The number of anilines is 2. The van der Waals surface area contributed by atoms with Gasteiger partial charge in [0.2, 0.25) is 5.91 Å². The molecule has 0 aliphatic carbocycles. The lowest BCUT2D eigenvalue weighted by molar-refractivity contribution is -0.121. The number of carbonyl (C=O) groups is 2. The van der Waals surface area contributed by atoms with Crippen molar-refractivity contribution >= 4 is 23.2 Å². The van der Waals surface area contributed by atoms with Crippen LogP contribution in [0.5, 0.6) is 5.75 Å². The van der Waals surface area contributed by atoms with Gasteiger partial charge in [-0.15, -0.1) is 0 Å². The van der Waals surface area contributed by atoms with E-state index in [-0.39, 0.29) is 18.4 Å². The summed E-state index contributed by atoms with van der Waals surface area (Å²) in [4.78, 5) is 26.6. The van der Waals surface area contributed by atoms with Gasteiger partial charge in [0.25, 0.3) is 5.91 Å². The first kappa shape index (κ1) is 19.7. The van der Waals surface area contributed by atoms with E-state index in [1.165, 1.54) is 5.56 Å². The fourth-order valence-electron chi connectivity index (χ4n) is 3.46. The minimum Gasteiger partial charge on any atom is -0.482 e. The molecule has 152 valence electrons. The fraction of sp³-hybridized carbons (Fsp3) is 0.200. The highest BCUT2D eigenvalue weighted by Crippen LogP contribution is 2.35. The van der Waals surface area contributed by atoms with Crippen molar-refractivity contribution in [3.63, 3.8) is 0 Å². The Bertz CT molecular complexity index is 1050. The number of hydrogen-bond acceptors (Lipinski definition) is 3. The Morgan fingerprint density at radius 3 is 2.53 bits per heavy atom. The van der Waals surface area contributed by atoms with E-state index in [1.54, 1.807) is 23.1 Å². The highest BCUT2D eigenvalue weighted by molar-refractivity contribution is 5.99. The second-order valence-corrected chi connectivity index (χ2v) is 7.47. The molecular weight excluding hydrogens is 376 g/mol. The number of amides is 2. The fourth-order valence-corrected chi connectivity index (χ4v) is 3.46. The summed E-state index contributed by atoms with van der Waals surface area (Å²) in [5, 5.41) is 2.94. The van der Waals surface area contributed by atoms with E-state index in [0.29, 0.717) is 36.5 Å². The molecule has 0 spiro atoms. The molecule has 2 amide bonds. The summed E-state index contributed by atoms with van der Waals surface area (Å²) < 4.78 is 5.57. The number of rotatable bonds is 6. The average Bonchev–Trinajstić information content (AvgIpc) is 2.76. The number of ether oxygens (including phenoxy) is 1. The zero-order valence-corrected chi connectivity index (χ0v) is 16.9. The Morgan fingerprint density at radius 1 is 1.00 bits per heavy atom. The Labute approximate surface area is 176 Å². The molecule has 1 heterocycles. The molecule has 0 unspecified atom stereocenters. The normalized spacial score (nSPS) is 12.8. The molecule has 30 heavy (non-hydrogen) atoms. The third-order valence-electron chi connectivity index (χ3n) is 5.13. The van der Waals surface area contributed by atoms with E-state index < -0.39 is 0 Å². The van der Waals surface area contributed by atoms with Gasteiger partial charge in [0.1, 0.15) is 5.75 Å². The van der Waals surface area contributed by atoms with Gasteiger partial charge in [0.05, 0.1) is 12.2 Å². The van der Waals surface area contributed by atoms with Gasteiger partial charge in [-0.3, -0.25) is 9.59 Å². The van der Waals surface area contributed by atoms with Gasteiger partial charge in [0, 0.05) is 12.1 Å². The monoisotopic (exact) mass is 400 g/mol. The highest BCUT2D eigenvalue weighted by Gasteiger charge is 2.26. The lowest BCUT2D eigenvalue weighted by Crippen LogP contribution is -2.38. The Balaban J connectivity index is 1.45. The summed E-state index contributed by atoms with van der Waals surface area (Å²) in [6.45, 7) is 2.52. The molecule has 0 radical (unpaired) electrons. The van der Waals surface area contributed by atoms with Gasteiger partial charge in [-0.2, -0.15) is 0 Å². The van der Waals surface area contributed by atoms with Crippen LogP contribution in [-0.2, 0) is 22.6 Å². The van der Waals surface area contributed by atoms with Crippen molar-refractivity contribution in [1.82, 2.24) is 0 Å². The zero-order chi connectivity index (χ0) is 20.9. The SMILES string of the molecule is Cc1ccc(CCC(=O)Nc2ccc3c(c2)N(Cc2ccccc2)C(=O)CO3)cc1. The first-order chi connectivity index (χ1) is 14.6. The number of fused-ring (bicyclic) bond motifs is 1. The van der Waals surface area contributed by atoms with Gasteiger partial charge >= 0.3 is 0 Å². The summed E-state index contributed by atoms with van der Waals surface area (Å²) >= 11 is 0. The molecule has 0 saturated carbocycles. The van der Waals surface area contributed by atoms with E-state index in [4.69, 9.17) is 4.74 Å². The standard InChI is InChI=1S/C25H24N2O3/c1-18-7-9-19(10-8-18)11-14-24(28)26-21-12-13-23-22(15-21)27(25(29)17-30-23)16-20-5-3-2-4-6-20/h2-10,12-13,15H,11,14,16-17H2,1H3,(H,26,28). The Kier molecular flexibility index (Phi) is 5.80. The maximum atomic E-state index is 12.5. The van der Waals surface area contributed by atoms with Crippen LogP contribution in [0.4, 0.5) is 11.4 Å². The first-order valence-electron chi connectivity index (χ1n) is 10.0.